The summed E-state index contributed by atoms with van der Waals surface area (Å²) in [5.74, 6) is -0.530. The number of hydrogen-bond acceptors (Lipinski definition) is 7. The zero-order valence-corrected chi connectivity index (χ0v) is 19.9. The van der Waals surface area contributed by atoms with Crippen LogP contribution in [0.1, 0.15) is 43.1 Å². The van der Waals surface area contributed by atoms with Crippen molar-refractivity contribution in [1.82, 2.24) is 34.7 Å². The number of amides is 1. The van der Waals surface area contributed by atoms with E-state index in [1.54, 1.807) is 29.2 Å². The van der Waals surface area contributed by atoms with E-state index in [1.807, 2.05) is 10.9 Å². The molecule has 0 radical (unpaired) electrons. The van der Waals surface area contributed by atoms with Gasteiger partial charge in [0.05, 0.1) is 70.0 Å². The smallest absolute Gasteiger partial charge is 0.255 e. The van der Waals surface area contributed by atoms with Crippen LogP contribution in [0.15, 0.2) is 43.2 Å². The average Bonchev–Trinajstić information content (AvgIpc) is 3.42. The van der Waals surface area contributed by atoms with E-state index in [0.29, 0.717) is 39.3 Å². The summed E-state index contributed by atoms with van der Waals surface area (Å²) in [6.07, 6.45) is 10.3. The summed E-state index contributed by atoms with van der Waals surface area (Å²) < 4.78 is 17.6. The first kappa shape index (κ1) is 23.2. The van der Waals surface area contributed by atoms with Crippen LogP contribution in [0.5, 0.6) is 0 Å². The molecule has 5 rings (SSSR count). The molecule has 35 heavy (non-hydrogen) atoms. The Kier molecular flexibility index (Phi) is 5.89. The molecule has 3 N–H and O–H groups in total. The Balaban J connectivity index is 1.48. The van der Waals surface area contributed by atoms with Crippen molar-refractivity contribution in [2.75, 3.05) is 11.9 Å². The van der Waals surface area contributed by atoms with Crippen molar-refractivity contribution < 1.29 is 14.3 Å². The van der Waals surface area contributed by atoms with Crippen molar-refractivity contribution in [3.05, 3.63) is 53.8 Å². The minimum atomic E-state index is -1.64. The second-order valence-electron chi connectivity index (χ2n) is 9.11. The molecule has 4 heterocycles. The molecule has 1 aliphatic carbocycles. The van der Waals surface area contributed by atoms with E-state index in [9.17, 15) is 14.3 Å². The number of nitrogens with zero attached hydrogens (tertiary/aromatic N) is 6. The van der Waals surface area contributed by atoms with Crippen molar-refractivity contribution in [3.8, 4) is 11.3 Å². The maximum atomic E-state index is 14.2. The number of fused-ring (bicyclic) bond motifs is 1. The molecule has 0 unspecified atom stereocenters. The maximum Gasteiger partial charge on any atom is 0.255 e. The minimum absolute atomic E-state index is 0.211. The highest BCUT2D eigenvalue weighted by Gasteiger charge is 2.28. The molecule has 0 saturated heterocycles. The number of alkyl halides is 1. The molecule has 182 valence electrons. The SMILES string of the molecule is CC(C)(O)[C@H](F)CNC(=O)c1cnc(-c2cnn3cc(Cl)cnc23)cc1Nc1cnn(C2CC2)c1. The van der Waals surface area contributed by atoms with Gasteiger partial charge in [-0.1, -0.05) is 11.6 Å². The number of halogens is 2. The van der Waals surface area contributed by atoms with Crippen LogP contribution >= 0.6 is 11.6 Å². The molecule has 1 fully saturated rings. The van der Waals surface area contributed by atoms with Crippen LogP contribution in [0, 0.1) is 0 Å². The highest BCUT2D eigenvalue weighted by Crippen LogP contribution is 2.35. The molecule has 1 atom stereocenters. The minimum Gasteiger partial charge on any atom is -0.387 e. The van der Waals surface area contributed by atoms with Crippen molar-refractivity contribution in [1.29, 1.82) is 0 Å². The van der Waals surface area contributed by atoms with Gasteiger partial charge in [-0.3, -0.25) is 14.5 Å². The Labute approximate surface area is 205 Å². The summed E-state index contributed by atoms with van der Waals surface area (Å²) in [4.78, 5) is 21.7. The molecular weight excluding hydrogens is 475 g/mol. The Hall–Kier alpha value is -3.57. The normalized spacial score (nSPS) is 14.8. The van der Waals surface area contributed by atoms with E-state index in [2.05, 4.69) is 30.8 Å². The van der Waals surface area contributed by atoms with Crippen LogP contribution in [-0.4, -0.2) is 58.7 Å². The number of carbonyl (C=O) groups is 1. The van der Waals surface area contributed by atoms with Gasteiger partial charge in [0.1, 0.15) is 6.17 Å². The van der Waals surface area contributed by atoms with E-state index in [4.69, 9.17) is 11.6 Å². The summed E-state index contributed by atoms with van der Waals surface area (Å²) in [6, 6.07) is 2.11. The van der Waals surface area contributed by atoms with Crippen LogP contribution in [-0.2, 0) is 0 Å². The van der Waals surface area contributed by atoms with Gasteiger partial charge in [-0.2, -0.15) is 10.2 Å². The lowest BCUT2D eigenvalue weighted by Crippen LogP contribution is -2.42. The summed E-state index contributed by atoms with van der Waals surface area (Å²) in [5.41, 5.74) is 1.52. The molecular formula is C23H24ClFN8O2. The molecule has 0 spiro atoms. The van der Waals surface area contributed by atoms with Gasteiger partial charge in [-0.15, -0.1) is 0 Å². The number of anilines is 2. The predicted octanol–water partition coefficient (Wildman–Crippen LogP) is 3.56. The van der Waals surface area contributed by atoms with Crippen LogP contribution in [0.2, 0.25) is 5.02 Å². The summed E-state index contributed by atoms with van der Waals surface area (Å²) in [7, 11) is 0. The van der Waals surface area contributed by atoms with Gasteiger partial charge in [0.25, 0.3) is 5.91 Å². The lowest BCUT2D eigenvalue weighted by molar-refractivity contribution is -0.00177. The third-order valence-electron chi connectivity index (χ3n) is 5.76. The summed E-state index contributed by atoms with van der Waals surface area (Å²) in [6.45, 7) is 2.35. The topological polar surface area (TPSA) is 122 Å². The number of hydrogen-bond donors (Lipinski definition) is 3. The van der Waals surface area contributed by atoms with Crippen molar-refractivity contribution >= 4 is 34.5 Å². The molecule has 1 amide bonds. The van der Waals surface area contributed by atoms with Crippen LogP contribution < -0.4 is 10.6 Å². The van der Waals surface area contributed by atoms with Gasteiger partial charge in [-0.05, 0) is 32.8 Å². The first-order valence-corrected chi connectivity index (χ1v) is 11.5. The molecule has 4 aromatic heterocycles. The van der Waals surface area contributed by atoms with Crippen LogP contribution in [0.4, 0.5) is 15.8 Å². The van der Waals surface area contributed by atoms with E-state index < -0.39 is 17.7 Å². The number of rotatable bonds is 8. The lowest BCUT2D eigenvalue weighted by atomic mass is 10.0. The van der Waals surface area contributed by atoms with Gasteiger partial charge in [-0.25, -0.2) is 13.9 Å². The fourth-order valence-electron chi connectivity index (χ4n) is 3.54. The molecule has 10 nitrogen and oxygen atoms in total. The molecule has 1 aliphatic rings. The Morgan fingerprint density at radius 1 is 1.23 bits per heavy atom. The van der Waals surface area contributed by atoms with Gasteiger partial charge in [0.15, 0.2) is 5.65 Å². The van der Waals surface area contributed by atoms with E-state index in [1.165, 1.54) is 26.2 Å². The van der Waals surface area contributed by atoms with Crippen molar-refractivity contribution in [2.24, 2.45) is 0 Å². The quantitative estimate of drug-likeness (QED) is 0.339. The highest BCUT2D eigenvalue weighted by molar-refractivity contribution is 6.30. The number of aromatic nitrogens is 6. The third-order valence-corrected chi connectivity index (χ3v) is 5.95. The fourth-order valence-corrected chi connectivity index (χ4v) is 3.68. The summed E-state index contributed by atoms with van der Waals surface area (Å²) >= 11 is 6.01. The monoisotopic (exact) mass is 498 g/mol. The van der Waals surface area contributed by atoms with E-state index in [-0.39, 0.29) is 12.1 Å². The predicted molar refractivity (Wildman–Crippen MR) is 129 cm³/mol. The van der Waals surface area contributed by atoms with Gasteiger partial charge >= 0.3 is 0 Å². The highest BCUT2D eigenvalue weighted by atomic mass is 35.5. The van der Waals surface area contributed by atoms with E-state index >= 15 is 0 Å². The molecule has 1 saturated carbocycles. The Morgan fingerprint density at radius 3 is 2.77 bits per heavy atom. The first-order chi connectivity index (χ1) is 16.7. The first-order valence-electron chi connectivity index (χ1n) is 11.1. The van der Waals surface area contributed by atoms with Crippen LogP contribution in [0.25, 0.3) is 16.9 Å². The Bertz CT molecular complexity index is 1390. The van der Waals surface area contributed by atoms with Crippen molar-refractivity contribution in [3.63, 3.8) is 0 Å². The standard InChI is InChI=1S/C23H24ClFN8O2/c1-23(2,35)20(25)10-28-22(34)17-8-26-18(16-9-30-33-11-13(24)6-27-21(16)33)5-19(17)31-14-7-29-32(12-14)15-3-4-15/h5-9,11-12,15,20,35H,3-4,10H2,1-2H3,(H,26,31)(H,28,34)/t20-/m1/s1. The molecule has 0 bridgehead atoms. The molecule has 12 heteroatoms. The fraction of sp³-hybridized carbons (Fsp3) is 0.348. The zero-order chi connectivity index (χ0) is 24.7. The lowest BCUT2D eigenvalue weighted by Gasteiger charge is -2.22. The molecule has 0 aliphatic heterocycles. The van der Waals surface area contributed by atoms with Crippen molar-refractivity contribution in [2.45, 2.75) is 44.5 Å². The van der Waals surface area contributed by atoms with Gasteiger partial charge in [0, 0.05) is 18.6 Å². The van der Waals surface area contributed by atoms with Crippen LogP contribution in [0.3, 0.4) is 0 Å². The summed E-state index contributed by atoms with van der Waals surface area (Å²) in [5, 5.41) is 24.7. The molecule has 4 aromatic rings. The largest absolute Gasteiger partial charge is 0.387 e. The third kappa shape index (κ3) is 4.96. The van der Waals surface area contributed by atoms with Gasteiger partial charge in [0.2, 0.25) is 0 Å². The Morgan fingerprint density at radius 2 is 2.03 bits per heavy atom. The zero-order valence-electron chi connectivity index (χ0n) is 19.1. The average molecular weight is 499 g/mol. The second kappa shape index (κ2) is 8.90. The number of nitrogens with one attached hydrogen (secondary N) is 2. The number of pyridine rings is 1. The number of carbonyl (C=O) groups excluding carboxylic acids is 1. The number of aliphatic hydroxyl groups is 1. The second-order valence-corrected chi connectivity index (χ2v) is 9.55. The molecule has 0 aromatic carbocycles. The maximum absolute atomic E-state index is 14.2. The van der Waals surface area contributed by atoms with Gasteiger partial charge < -0.3 is 15.7 Å². The van der Waals surface area contributed by atoms with E-state index in [0.717, 1.165) is 12.8 Å².